The second-order valence-corrected chi connectivity index (χ2v) is 8.07. The molecule has 0 fully saturated rings. The SMILES string of the molecule is C=C[Si](C)(C)C(C)C(N)=O. The molecule has 1 unspecified atom stereocenters. The van der Waals surface area contributed by atoms with Crippen LogP contribution in [-0.4, -0.2) is 14.0 Å². The highest BCUT2D eigenvalue weighted by Crippen LogP contribution is 2.20. The first-order valence-corrected chi connectivity index (χ1v) is 6.50. The van der Waals surface area contributed by atoms with E-state index in [4.69, 9.17) is 5.73 Å². The summed E-state index contributed by atoms with van der Waals surface area (Å²) in [6.07, 6.45) is 0. The van der Waals surface area contributed by atoms with Crippen LogP contribution in [0.5, 0.6) is 0 Å². The van der Waals surface area contributed by atoms with Crippen LogP contribution in [0.1, 0.15) is 6.92 Å². The Morgan fingerprint density at radius 2 is 2.10 bits per heavy atom. The van der Waals surface area contributed by atoms with E-state index in [0.717, 1.165) is 0 Å². The first-order chi connectivity index (χ1) is 4.41. The minimum Gasteiger partial charge on any atom is -0.370 e. The minimum atomic E-state index is -1.55. The standard InChI is InChI=1S/C7H15NOSi/c1-5-10(3,4)6(2)7(8)9/h5-6H,1H2,2-4H3,(H2,8,9). The fourth-order valence-electron chi connectivity index (χ4n) is 0.543. The predicted molar refractivity (Wildman–Crippen MR) is 46.3 cm³/mol. The largest absolute Gasteiger partial charge is 0.370 e. The summed E-state index contributed by atoms with van der Waals surface area (Å²) in [5, 5.41) is 0. The van der Waals surface area contributed by atoms with Gasteiger partial charge < -0.3 is 5.73 Å². The summed E-state index contributed by atoms with van der Waals surface area (Å²) in [5.74, 6) is -0.212. The summed E-state index contributed by atoms with van der Waals surface area (Å²) in [6.45, 7) is 9.72. The van der Waals surface area contributed by atoms with Crippen LogP contribution in [0, 0.1) is 0 Å². The Hall–Kier alpha value is -0.573. The molecule has 10 heavy (non-hydrogen) atoms. The average Bonchev–Trinajstić information content (AvgIpc) is 1.86. The summed E-state index contributed by atoms with van der Waals surface area (Å²) >= 11 is 0. The van der Waals surface area contributed by atoms with E-state index in [0.29, 0.717) is 0 Å². The third-order valence-corrected chi connectivity index (χ3v) is 5.64. The Kier molecular flexibility index (Phi) is 2.84. The molecule has 2 nitrogen and oxygen atoms in total. The molecule has 1 amide bonds. The van der Waals surface area contributed by atoms with E-state index < -0.39 is 8.07 Å². The van der Waals surface area contributed by atoms with Gasteiger partial charge in [-0.1, -0.05) is 20.0 Å². The van der Waals surface area contributed by atoms with Gasteiger partial charge in [-0.3, -0.25) is 4.79 Å². The molecule has 3 heteroatoms. The van der Waals surface area contributed by atoms with Crippen molar-refractivity contribution in [3.05, 3.63) is 12.3 Å². The monoisotopic (exact) mass is 157 g/mol. The molecule has 0 saturated carbocycles. The number of carbonyl (C=O) groups excluding carboxylic acids is 1. The molecule has 0 aliphatic rings. The van der Waals surface area contributed by atoms with E-state index in [-0.39, 0.29) is 11.4 Å². The fraction of sp³-hybridized carbons (Fsp3) is 0.571. The molecule has 0 aliphatic carbocycles. The van der Waals surface area contributed by atoms with E-state index >= 15 is 0 Å². The summed E-state index contributed by atoms with van der Waals surface area (Å²) in [4.78, 5) is 10.7. The molecule has 0 heterocycles. The molecule has 0 saturated heterocycles. The first-order valence-electron chi connectivity index (χ1n) is 3.34. The molecule has 0 bridgehead atoms. The van der Waals surface area contributed by atoms with E-state index in [1.807, 2.05) is 12.6 Å². The van der Waals surface area contributed by atoms with Gasteiger partial charge in [-0.25, -0.2) is 0 Å². The fourth-order valence-corrected chi connectivity index (χ4v) is 1.63. The van der Waals surface area contributed by atoms with Crippen molar-refractivity contribution >= 4 is 14.0 Å². The first kappa shape index (κ1) is 9.43. The van der Waals surface area contributed by atoms with Crippen LogP contribution in [0.2, 0.25) is 18.6 Å². The lowest BCUT2D eigenvalue weighted by molar-refractivity contribution is -0.117. The molecule has 0 radical (unpaired) electrons. The molecule has 0 aliphatic heterocycles. The second-order valence-electron chi connectivity index (χ2n) is 3.15. The van der Waals surface area contributed by atoms with Crippen molar-refractivity contribution in [3.8, 4) is 0 Å². The quantitative estimate of drug-likeness (QED) is 0.616. The summed E-state index contributed by atoms with van der Waals surface area (Å²) in [7, 11) is -1.55. The Morgan fingerprint density at radius 1 is 1.70 bits per heavy atom. The van der Waals surface area contributed by atoms with Crippen LogP contribution >= 0.6 is 0 Å². The topological polar surface area (TPSA) is 43.1 Å². The van der Waals surface area contributed by atoms with Gasteiger partial charge in [0.25, 0.3) is 0 Å². The Balaban J connectivity index is 4.31. The van der Waals surface area contributed by atoms with Crippen LogP contribution in [0.4, 0.5) is 0 Å². The van der Waals surface area contributed by atoms with Gasteiger partial charge in [0.05, 0.1) is 8.07 Å². The number of rotatable bonds is 3. The molecule has 0 aromatic carbocycles. The zero-order valence-corrected chi connectivity index (χ0v) is 7.85. The zero-order chi connectivity index (χ0) is 8.36. The van der Waals surface area contributed by atoms with E-state index in [9.17, 15) is 4.79 Å². The third-order valence-electron chi connectivity index (χ3n) is 2.07. The Bertz CT molecular complexity index is 154. The second kappa shape index (κ2) is 3.01. The number of amides is 1. The minimum absolute atomic E-state index is 0.00926. The average molecular weight is 157 g/mol. The van der Waals surface area contributed by atoms with Crippen LogP contribution in [0.3, 0.4) is 0 Å². The Morgan fingerprint density at radius 3 is 2.20 bits per heavy atom. The van der Waals surface area contributed by atoms with E-state index in [1.165, 1.54) is 0 Å². The van der Waals surface area contributed by atoms with Crippen LogP contribution in [0.25, 0.3) is 0 Å². The van der Waals surface area contributed by atoms with Gasteiger partial charge in [-0.2, -0.15) is 0 Å². The number of carbonyl (C=O) groups is 1. The van der Waals surface area contributed by atoms with Gasteiger partial charge >= 0.3 is 0 Å². The number of hydrogen-bond donors (Lipinski definition) is 1. The highest BCUT2D eigenvalue weighted by Gasteiger charge is 2.28. The van der Waals surface area contributed by atoms with Gasteiger partial charge in [-0.05, 0) is 0 Å². The summed E-state index contributed by atoms with van der Waals surface area (Å²) < 4.78 is 0. The number of nitrogens with two attached hydrogens (primary N) is 1. The highest BCUT2D eigenvalue weighted by molar-refractivity contribution is 6.85. The van der Waals surface area contributed by atoms with Crippen molar-refractivity contribution < 1.29 is 4.79 Å². The Labute approximate surface area is 63.1 Å². The molecule has 0 spiro atoms. The molecule has 1 atom stereocenters. The van der Waals surface area contributed by atoms with Gasteiger partial charge in [0.1, 0.15) is 0 Å². The van der Waals surface area contributed by atoms with Crippen molar-refractivity contribution in [2.75, 3.05) is 0 Å². The molecule has 2 N–H and O–H groups in total. The normalized spacial score (nSPS) is 14.3. The van der Waals surface area contributed by atoms with Gasteiger partial charge in [0.2, 0.25) is 5.91 Å². The number of primary amides is 1. The number of hydrogen-bond acceptors (Lipinski definition) is 1. The lowest BCUT2D eigenvalue weighted by Crippen LogP contribution is -2.36. The molecular formula is C7H15NOSi. The highest BCUT2D eigenvalue weighted by atomic mass is 28.3. The molecule has 0 rings (SSSR count). The van der Waals surface area contributed by atoms with Gasteiger partial charge in [-0.15, -0.1) is 12.3 Å². The van der Waals surface area contributed by atoms with Crippen molar-refractivity contribution in [2.45, 2.75) is 25.6 Å². The van der Waals surface area contributed by atoms with E-state index in [1.54, 1.807) is 0 Å². The molecule has 58 valence electrons. The van der Waals surface area contributed by atoms with Crippen LogP contribution in [0.15, 0.2) is 12.3 Å². The summed E-state index contributed by atoms with van der Waals surface area (Å²) in [6, 6.07) is 0. The maximum atomic E-state index is 10.7. The molecular weight excluding hydrogens is 142 g/mol. The maximum absolute atomic E-state index is 10.7. The smallest absolute Gasteiger partial charge is 0.217 e. The van der Waals surface area contributed by atoms with Gasteiger partial charge in [0, 0.05) is 5.54 Å². The third kappa shape index (κ3) is 1.99. The predicted octanol–water partition coefficient (Wildman–Crippen LogP) is 1.30. The van der Waals surface area contributed by atoms with Crippen molar-refractivity contribution in [1.29, 1.82) is 0 Å². The van der Waals surface area contributed by atoms with Crippen LogP contribution < -0.4 is 5.73 Å². The van der Waals surface area contributed by atoms with Crippen molar-refractivity contribution in [2.24, 2.45) is 5.73 Å². The van der Waals surface area contributed by atoms with Crippen molar-refractivity contribution in [3.63, 3.8) is 0 Å². The summed E-state index contributed by atoms with van der Waals surface area (Å²) in [5.41, 5.74) is 7.03. The van der Waals surface area contributed by atoms with Crippen LogP contribution in [-0.2, 0) is 4.79 Å². The van der Waals surface area contributed by atoms with Gasteiger partial charge in [0.15, 0.2) is 0 Å². The lowest BCUT2D eigenvalue weighted by Gasteiger charge is -2.22. The lowest BCUT2D eigenvalue weighted by atomic mass is 10.5. The molecule has 0 aromatic rings. The van der Waals surface area contributed by atoms with E-state index in [2.05, 4.69) is 19.7 Å². The van der Waals surface area contributed by atoms with Crippen molar-refractivity contribution in [1.82, 2.24) is 0 Å². The zero-order valence-electron chi connectivity index (χ0n) is 6.85. The molecule has 0 aromatic heterocycles. The maximum Gasteiger partial charge on any atom is 0.217 e.